The Bertz CT molecular complexity index is 1060. The van der Waals surface area contributed by atoms with E-state index < -0.39 is 21.4 Å². The molecular weight excluding hydrogens is 427 g/mol. The van der Waals surface area contributed by atoms with E-state index in [2.05, 4.69) is 15.1 Å². The molecule has 0 saturated heterocycles. The van der Waals surface area contributed by atoms with Gasteiger partial charge < -0.3 is 9.08 Å². The Balaban J connectivity index is 1.86. The van der Waals surface area contributed by atoms with Gasteiger partial charge in [-0.05, 0) is 60.7 Å². The fraction of sp³-hybridized carbons (Fsp3) is 0.400. The number of benzene rings is 2. The molecule has 0 fully saturated rings. The van der Waals surface area contributed by atoms with E-state index in [0.29, 0.717) is 6.42 Å². The molecule has 0 radical (unpaired) electrons. The highest BCUT2D eigenvalue weighted by Gasteiger charge is 2.49. The molecule has 2 atom stereocenters. The Kier molecular flexibility index (Phi) is 5.07. The zero-order valence-corrected chi connectivity index (χ0v) is 17.1. The van der Waals surface area contributed by atoms with Crippen LogP contribution < -0.4 is 4.18 Å². The van der Waals surface area contributed by atoms with E-state index in [1.807, 2.05) is 25.2 Å². The number of fused-ring (bicyclic) bond motifs is 5. The van der Waals surface area contributed by atoms with Crippen molar-refractivity contribution in [3.05, 3.63) is 63.7 Å². The number of nitrogens with zero attached hydrogens (tertiary/aromatic N) is 1. The van der Waals surface area contributed by atoms with Crippen molar-refractivity contribution in [1.29, 1.82) is 0 Å². The lowest BCUT2D eigenvalue weighted by molar-refractivity contribution is -0.0500. The highest BCUT2D eigenvalue weighted by molar-refractivity contribution is 7.88. The van der Waals surface area contributed by atoms with E-state index in [-0.39, 0.29) is 17.0 Å². The number of aryl methyl sites for hydroxylation is 1. The Morgan fingerprint density at radius 3 is 2.55 bits per heavy atom. The van der Waals surface area contributed by atoms with Gasteiger partial charge in [-0.1, -0.05) is 35.9 Å². The molecule has 0 N–H and O–H groups in total. The molecule has 9 heteroatoms. The van der Waals surface area contributed by atoms with Crippen molar-refractivity contribution in [3.8, 4) is 5.75 Å². The number of hydrogen-bond acceptors (Lipinski definition) is 4. The van der Waals surface area contributed by atoms with Crippen LogP contribution in [0.1, 0.15) is 34.6 Å². The van der Waals surface area contributed by atoms with Crippen LogP contribution in [0.5, 0.6) is 5.75 Å². The second-order valence-electron chi connectivity index (χ2n) is 7.48. The second kappa shape index (κ2) is 7.18. The third kappa shape index (κ3) is 3.62. The molecule has 1 heterocycles. The van der Waals surface area contributed by atoms with Gasteiger partial charge in [-0.15, -0.1) is 0 Å². The van der Waals surface area contributed by atoms with E-state index in [1.165, 1.54) is 17.7 Å². The summed E-state index contributed by atoms with van der Waals surface area (Å²) in [5.74, 6) is -0.593. The summed E-state index contributed by atoms with van der Waals surface area (Å²) in [5.41, 5.74) is -1.57. The highest BCUT2D eigenvalue weighted by atomic mass is 35.5. The fourth-order valence-corrected chi connectivity index (χ4v) is 5.14. The van der Waals surface area contributed by atoms with Gasteiger partial charge in [0.05, 0.1) is 5.02 Å². The molecule has 4 nitrogen and oxygen atoms in total. The Labute approximate surface area is 172 Å². The van der Waals surface area contributed by atoms with Crippen molar-refractivity contribution in [2.75, 3.05) is 13.6 Å². The number of rotatable bonds is 2. The first-order chi connectivity index (χ1) is 13.6. The second-order valence-corrected chi connectivity index (χ2v) is 9.42. The van der Waals surface area contributed by atoms with Crippen LogP contribution >= 0.6 is 11.6 Å². The molecule has 0 amide bonds. The lowest BCUT2D eigenvalue weighted by Gasteiger charge is -2.38. The van der Waals surface area contributed by atoms with Crippen LogP contribution in [-0.2, 0) is 23.0 Å². The number of halogens is 4. The third-order valence-corrected chi connectivity index (χ3v) is 7.06. The quantitative estimate of drug-likeness (QED) is 0.504. The molecular formula is C20H19ClF3NO3S. The van der Waals surface area contributed by atoms with Crippen LogP contribution in [-0.4, -0.2) is 38.5 Å². The molecule has 0 bridgehead atoms. The van der Waals surface area contributed by atoms with E-state index in [4.69, 9.17) is 11.6 Å². The first kappa shape index (κ1) is 20.5. The molecule has 1 aliphatic heterocycles. The predicted molar refractivity (Wildman–Crippen MR) is 104 cm³/mol. The summed E-state index contributed by atoms with van der Waals surface area (Å²) >= 11 is 6.11. The molecule has 29 heavy (non-hydrogen) atoms. The number of hydrogen-bond donors (Lipinski definition) is 0. The topological polar surface area (TPSA) is 46.6 Å². The van der Waals surface area contributed by atoms with Gasteiger partial charge in [0.2, 0.25) is 0 Å². The van der Waals surface area contributed by atoms with Crippen LogP contribution in [0.25, 0.3) is 0 Å². The number of alkyl halides is 3. The van der Waals surface area contributed by atoms with E-state index >= 15 is 0 Å². The van der Waals surface area contributed by atoms with Crippen LogP contribution in [0, 0.1) is 0 Å². The Hall–Kier alpha value is -1.77. The zero-order chi connectivity index (χ0) is 21.0. The Morgan fingerprint density at radius 2 is 1.83 bits per heavy atom. The average molecular weight is 446 g/mol. The summed E-state index contributed by atoms with van der Waals surface area (Å²) < 4.78 is 65.9. The third-order valence-electron chi connectivity index (χ3n) is 5.80. The van der Waals surface area contributed by atoms with Crippen LogP contribution in [0.2, 0.25) is 5.02 Å². The number of likely N-dealkylation sites (N-methyl/N-ethyl adjacent to an activating group) is 1. The molecule has 2 aliphatic rings. The maximum atomic E-state index is 12.8. The van der Waals surface area contributed by atoms with Gasteiger partial charge >= 0.3 is 15.6 Å². The van der Waals surface area contributed by atoms with E-state index in [9.17, 15) is 21.6 Å². The largest absolute Gasteiger partial charge is 0.534 e. The highest BCUT2D eigenvalue weighted by Crippen LogP contribution is 2.45. The fourth-order valence-electron chi connectivity index (χ4n) is 4.40. The molecule has 2 aromatic carbocycles. The van der Waals surface area contributed by atoms with Crippen molar-refractivity contribution < 1.29 is 25.8 Å². The molecule has 0 spiro atoms. The van der Waals surface area contributed by atoms with Gasteiger partial charge in [-0.3, -0.25) is 0 Å². The molecule has 1 aliphatic carbocycles. The van der Waals surface area contributed by atoms with Crippen LogP contribution in [0.3, 0.4) is 0 Å². The molecule has 0 saturated carbocycles. The lowest BCUT2D eigenvalue weighted by Crippen LogP contribution is -2.39. The molecule has 156 valence electrons. The van der Waals surface area contributed by atoms with Crippen molar-refractivity contribution in [3.63, 3.8) is 0 Å². The van der Waals surface area contributed by atoms with Gasteiger partial charge in [0, 0.05) is 18.5 Å². The summed E-state index contributed by atoms with van der Waals surface area (Å²) in [7, 11) is -3.77. The van der Waals surface area contributed by atoms with Crippen molar-refractivity contribution in [2.24, 2.45) is 0 Å². The predicted octanol–water partition coefficient (Wildman–Crippen LogP) is 4.50. The minimum Gasteiger partial charge on any atom is -0.374 e. The van der Waals surface area contributed by atoms with Gasteiger partial charge in [0.1, 0.15) is 0 Å². The monoisotopic (exact) mass is 445 g/mol. The van der Waals surface area contributed by atoms with Crippen LogP contribution in [0.4, 0.5) is 13.2 Å². The van der Waals surface area contributed by atoms with Gasteiger partial charge in [-0.2, -0.15) is 21.6 Å². The Morgan fingerprint density at radius 1 is 1.10 bits per heavy atom. The first-order valence-corrected chi connectivity index (χ1v) is 11.0. The molecule has 4 rings (SSSR count). The first-order valence-electron chi connectivity index (χ1n) is 9.19. The van der Waals surface area contributed by atoms with E-state index in [0.717, 1.165) is 36.1 Å². The smallest absolute Gasteiger partial charge is 0.374 e. The lowest BCUT2D eigenvalue weighted by atomic mass is 9.74. The normalized spacial score (nSPS) is 22.2. The van der Waals surface area contributed by atoms with Crippen molar-refractivity contribution in [2.45, 2.75) is 36.7 Å². The average Bonchev–Trinajstić information content (AvgIpc) is 2.78. The van der Waals surface area contributed by atoms with Gasteiger partial charge in [0.15, 0.2) is 5.75 Å². The van der Waals surface area contributed by atoms with E-state index in [1.54, 1.807) is 0 Å². The zero-order valence-electron chi connectivity index (χ0n) is 15.5. The summed E-state index contributed by atoms with van der Waals surface area (Å²) in [5, 5.41) is -0.151. The summed E-state index contributed by atoms with van der Waals surface area (Å²) in [4.78, 5) is 2.25. The summed E-state index contributed by atoms with van der Waals surface area (Å²) in [6.07, 6.45) is 2.47. The van der Waals surface area contributed by atoms with Crippen LogP contribution in [0.15, 0.2) is 36.4 Å². The standard InChI is InChI=1S/C20H19ClF3NO3S/c1-25-9-8-13-10-16(21)18(28-29(26,27)20(22,23)24)11-15(13)19-14-5-3-2-4-12(14)6-7-17(19)25/h2-5,10-11,17,19H,6-9H2,1H3/t17-,19+/m0/s1. The molecule has 0 aromatic heterocycles. The van der Waals surface area contributed by atoms with Crippen molar-refractivity contribution >= 4 is 21.7 Å². The molecule has 0 unspecified atom stereocenters. The van der Waals surface area contributed by atoms with Gasteiger partial charge in [-0.25, -0.2) is 0 Å². The maximum Gasteiger partial charge on any atom is 0.534 e. The van der Waals surface area contributed by atoms with Crippen molar-refractivity contribution in [1.82, 2.24) is 4.90 Å². The molecule has 2 aromatic rings. The maximum absolute atomic E-state index is 12.8. The minimum atomic E-state index is -5.80. The van der Waals surface area contributed by atoms with Gasteiger partial charge in [0.25, 0.3) is 0 Å². The SMILES string of the molecule is CN1CCc2cc(Cl)c(OS(=O)(=O)C(F)(F)F)cc2[C@H]2c3ccccc3CC[C@@H]21. The summed E-state index contributed by atoms with van der Waals surface area (Å²) in [6, 6.07) is 11.0. The summed E-state index contributed by atoms with van der Waals surface area (Å²) in [6.45, 7) is 0.772. The minimum absolute atomic E-state index is 0.101.